The van der Waals surface area contributed by atoms with Crippen LogP contribution in [0.2, 0.25) is 0 Å². The zero-order valence-corrected chi connectivity index (χ0v) is 22.9. The van der Waals surface area contributed by atoms with Crippen LogP contribution in [-0.4, -0.2) is 50.3 Å². The number of hydrogen-bond acceptors (Lipinski definition) is 4. The van der Waals surface area contributed by atoms with Crippen molar-refractivity contribution in [2.45, 2.75) is 51.1 Å². The zero-order valence-electron chi connectivity index (χ0n) is 22.1. The van der Waals surface area contributed by atoms with Crippen molar-refractivity contribution in [2.75, 3.05) is 17.4 Å². The molecule has 202 valence electrons. The first-order valence-corrected chi connectivity index (χ1v) is 13.9. The van der Waals surface area contributed by atoms with Crippen LogP contribution >= 0.6 is 0 Å². The number of rotatable bonds is 11. The van der Waals surface area contributed by atoms with E-state index in [4.69, 9.17) is 0 Å². The van der Waals surface area contributed by atoms with Crippen LogP contribution in [0.4, 0.5) is 10.1 Å². The van der Waals surface area contributed by atoms with Gasteiger partial charge in [-0.15, -0.1) is 0 Å². The lowest BCUT2D eigenvalue weighted by atomic mass is 10.1. The van der Waals surface area contributed by atoms with E-state index in [2.05, 4.69) is 5.32 Å². The van der Waals surface area contributed by atoms with Crippen molar-refractivity contribution in [2.24, 2.45) is 0 Å². The highest BCUT2D eigenvalue weighted by molar-refractivity contribution is 7.92. The lowest BCUT2D eigenvalue weighted by Gasteiger charge is -2.32. The van der Waals surface area contributed by atoms with Crippen molar-refractivity contribution in [3.8, 4) is 0 Å². The van der Waals surface area contributed by atoms with Crippen LogP contribution in [0.25, 0.3) is 0 Å². The first-order chi connectivity index (χ1) is 18.0. The van der Waals surface area contributed by atoms with Crippen molar-refractivity contribution in [3.05, 3.63) is 95.8 Å². The molecular weight excluding hydrogens is 505 g/mol. The van der Waals surface area contributed by atoms with Crippen molar-refractivity contribution in [1.82, 2.24) is 10.2 Å². The summed E-state index contributed by atoms with van der Waals surface area (Å²) in [5.74, 6) is -1.76. The van der Waals surface area contributed by atoms with Gasteiger partial charge in [0.05, 0.1) is 10.6 Å². The summed E-state index contributed by atoms with van der Waals surface area (Å²) in [6.45, 7) is 6.55. The minimum Gasteiger partial charge on any atom is -0.352 e. The van der Waals surface area contributed by atoms with Crippen LogP contribution in [0.3, 0.4) is 0 Å². The van der Waals surface area contributed by atoms with E-state index in [1.807, 2.05) is 51.1 Å². The van der Waals surface area contributed by atoms with E-state index < -0.39 is 34.3 Å². The third-order valence-electron chi connectivity index (χ3n) is 6.09. The van der Waals surface area contributed by atoms with E-state index in [9.17, 15) is 22.4 Å². The molecule has 0 aliphatic rings. The fourth-order valence-corrected chi connectivity index (χ4v) is 5.40. The third-order valence-corrected chi connectivity index (χ3v) is 7.87. The van der Waals surface area contributed by atoms with Gasteiger partial charge in [0.1, 0.15) is 18.4 Å². The van der Waals surface area contributed by atoms with Crippen molar-refractivity contribution in [3.63, 3.8) is 0 Å². The number of carbonyl (C=O) groups excluding carboxylic acids is 2. The SMILES string of the molecule is Cc1ccc(S(=O)(=O)N(CC(=O)N(CCc2ccccc2)[C@@H](C)C(=O)NC(C)C)c2ccccc2F)cc1. The summed E-state index contributed by atoms with van der Waals surface area (Å²) < 4.78 is 43.1. The predicted molar refractivity (Wildman–Crippen MR) is 147 cm³/mol. The number of nitrogens with zero attached hydrogens (tertiary/aromatic N) is 2. The second kappa shape index (κ2) is 12.7. The molecule has 38 heavy (non-hydrogen) atoms. The number of amides is 2. The van der Waals surface area contributed by atoms with E-state index in [1.54, 1.807) is 19.1 Å². The Labute approximate surface area is 224 Å². The Kier molecular flexibility index (Phi) is 9.63. The number of hydrogen-bond donors (Lipinski definition) is 1. The zero-order chi connectivity index (χ0) is 27.9. The average molecular weight is 540 g/mol. The van der Waals surface area contributed by atoms with Gasteiger partial charge in [-0.1, -0.05) is 60.2 Å². The molecule has 3 aromatic rings. The van der Waals surface area contributed by atoms with E-state index in [-0.39, 0.29) is 29.1 Å². The predicted octanol–water partition coefficient (Wildman–Crippen LogP) is 4.31. The summed E-state index contributed by atoms with van der Waals surface area (Å²) in [7, 11) is -4.31. The molecule has 0 unspecified atom stereocenters. The van der Waals surface area contributed by atoms with Crippen molar-refractivity contribution < 1.29 is 22.4 Å². The Morgan fingerprint density at radius 3 is 2.11 bits per heavy atom. The standard InChI is InChI=1S/C29H34FN3O4S/c1-21(2)31-29(35)23(4)32(19-18-24-10-6-5-7-11-24)28(34)20-33(27-13-9-8-12-26(27)30)38(36,37)25-16-14-22(3)15-17-25/h5-17,21,23H,18-20H2,1-4H3,(H,31,35)/t23-/m0/s1. The quantitative estimate of drug-likeness (QED) is 0.393. The number of anilines is 1. The Morgan fingerprint density at radius 1 is 0.895 bits per heavy atom. The van der Waals surface area contributed by atoms with Crippen LogP contribution in [0.1, 0.15) is 31.9 Å². The number of carbonyl (C=O) groups is 2. The molecule has 0 aliphatic carbocycles. The van der Waals surface area contributed by atoms with Crippen LogP contribution in [0, 0.1) is 12.7 Å². The first kappa shape index (κ1) is 28.8. The summed E-state index contributed by atoms with van der Waals surface area (Å²) in [5, 5.41) is 2.81. The van der Waals surface area contributed by atoms with Gasteiger partial charge in [0.15, 0.2) is 0 Å². The minimum atomic E-state index is -4.31. The van der Waals surface area contributed by atoms with E-state index in [1.165, 1.54) is 35.2 Å². The van der Waals surface area contributed by atoms with Gasteiger partial charge in [-0.05, 0) is 63.9 Å². The van der Waals surface area contributed by atoms with Gasteiger partial charge in [0, 0.05) is 12.6 Å². The summed E-state index contributed by atoms with van der Waals surface area (Å²) in [5.41, 5.74) is 1.57. The summed E-state index contributed by atoms with van der Waals surface area (Å²) in [4.78, 5) is 27.9. The highest BCUT2D eigenvalue weighted by atomic mass is 32.2. The molecule has 0 saturated carbocycles. The largest absolute Gasteiger partial charge is 0.352 e. The van der Waals surface area contributed by atoms with Gasteiger partial charge in [-0.3, -0.25) is 13.9 Å². The monoisotopic (exact) mass is 539 g/mol. The highest BCUT2D eigenvalue weighted by Gasteiger charge is 2.33. The summed E-state index contributed by atoms with van der Waals surface area (Å²) in [6.07, 6.45) is 0.455. The first-order valence-electron chi connectivity index (χ1n) is 12.5. The van der Waals surface area contributed by atoms with Crippen molar-refractivity contribution in [1.29, 1.82) is 0 Å². The van der Waals surface area contributed by atoms with Gasteiger partial charge < -0.3 is 10.2 Å². The lowest BCUT2D eigenvalue weighted by Crippen LogP contribution is -2.53. The van der Waals surface area contributed by atoms with Gasteiger partial charge >= 0.3 is 0 Å². The second-order valence-corrected chi connectivity index (χ2v) is 11.3. The fraction of sp³-hybridized carbons (Fsp3) is 0.310. The average Bonchev–Trinajstić information content (AvgIpc) is 2.88. The smallest absolute Gasteiger partial charge is 0.264 e. The number of nitrogens with one attached hydrogen (secondary N) is 1. The second-order valence-electron chi connectivity index (χ2n) is 9.44. The topological polar surface area (TPSA) is 86.8 Å². The Hall–Kier alpha value is -3.72. The van der Waals surface area contributed by atoms with E-state index in [0.29, 0.717) is 6.42 Å². The molecule has 0 bridgehead atoms. The number of sulfonamides is 1. The lowest BCUT2D eigenvalue weighted by molar-refractivity contribution is -0.139. The Balaban J connectivity index is 1.99. The molecule has 9 heteroatoms. The number of benzene rings is 3. The molecule has 7 nitrogen and oxygen atoms in total. The molecule has 1 N–H and O–H groups in total. The van der Waals surface area contributed by atoms with E-state index >= 15 is 0 Å². The maximum Gasteiger partial charge on any atom is 0.264 e. The van der Waals surface area contributed by atoms with Crippen LogP contribution in [-0.2, 0) is 26.0 Å². The normalized spacial score (nSPS) is 12.2. The highest BCUT2D eigenvalue weighted by Crippen LogP contribution is 2.27. The summed E-state index contributed by atoms with van der Waals surface area (Å²) >= 11 is 0. The molecule has 0 aliphatic heterocycles. The molecule has 0 spiro atoms. The number of halogens is 1. The molecule has 1 atom stereocenters. The maximum atomic E-state index is 14.9. The number of para-hydroxylation sites is 1. The van der Waals surface area contributed by atoms with Crippen LogP contribution in [0.15, 0.2) is 83.8 Å². The Bertz CT molecular complexity index is 1350. The van der Waals surface area contributed by atoms with Gasteiger partial charge in [-0.2, -0.15) is 0 Å². The molecule has 3 aromatic carbocycles. The van der Waals surface area contributed by atoms with E-state index in [0.717, 1.165) is 21.5 Å². The van der Waals surface area contributed by atoms with Gasteiger partial charge in [0.25, 0.3) is 10.0 Å². The molecule has 0 saturated heterocycles. The van der Waals surface area contributed by atoms with Crippen molar-refractivity contribution >= 4 is 27.5 Å². The number of aryl methyl sites for hydroxylation is 1. The molecule has 0 fully saturated rings. The third kappa shape index (κ3) is 7.19. The molecule has 0 heterocycles. The molecule has 0 aromatic heterocycles. The maximum absolute atomic E-state index is 14.9. The molecule has 3 rings (SSSR count). The minimum absolute atomic E-state index is 0.0689. The van der Waals surface area contributed by atoms with Crippen LogP contribution < -0.4 is 9.62 Å². The molecule has 0 radical (unpaired) electrons. The summed E-state index contributed by atoms with van der Waals surface area (Å²) in [6, 6.07) is 20.0. The van der Waals surface area contributed by atoms with Crippen LogP contribution in [0.5, 0.6) is 0 Å². The fourth-order valence-electron chi connectivity index (χ4n) is 3.98. The van der Waals surface area contributed by atoms with Gasteiger partial charge in [0.2, 0.25) is 11.8 Å². The van der Waals surface area contributed by atoms with Gasteiger partial charge in [-0.25, -0.2) is 12.8 Å². The molecular formula is C29H34FN3O4S. The Morgan fingerprint density at radius 2 is 1.50 bits per heavy atom. The molecule has 2 amide bonds.